The number of aromatic nitrogens is 3. The monoisotopic (exact) mass is 420 g/mol. The number of fused-ring (bicyclic) bond motifs is 1. The molecule has 1 N–H and O–H groups in total. The lowest BCUT2D eigenvalue weighted by molar-refractivity contribution is -0.0900. The van der Waals surface area contributed by atoms with Crippen LogP contribution in [0.15, 0.2) is 48.5 Å². The van der Waals surface area contributed by atoms with Crippen LogP contribution in [0.5, 0.6) is 0 Å². The number of amides is 1. The van der Waals surface area contributed by atoms with Crippen LogP contribution in [0, 0.1) is 23.2 Å². The Bertz CT molecular complexity index is 1070. The van der Waals surface area contributed by atoms with Crippen molar-refractivity contribution in [2.45, 2.75) is 44.7 Å². The van der Waals surface area contributed by atoms with Gasteiger partial charge in [0.25, 0.3) is 5.91 Å². The molecule has 4 saturated carbocycles. The molecular weight excluding hydrogens is 396 g/mol. The maximum absolute atomic E-state index is 13.3. The molecule has 0 spiro atoms. The van der Waals surface area contributed by atoms with Crippen LogP contribution in [0.4, 0.5) is 0 Å². The molecule has 4 aliphatic carbocycles. The molecule has 6 heteroatoms. The predicted molar refractivity (Wildman–Crippen MR) is 116 cm³/mol. The van der Waals surface area contributed by atoms with Crippen LogP contribution in [0.3, 0.4) is 0 Å². The second kappa shape index (κ2) is 6.81. The minimum Gasteiger partial charge on any atom is -0.330 e. The first kappa shape index (κ1) is 18.4. The van der Waals surface area contributed by atoms with Crippen molar-refractivity contribution in [3.8, 4) is 0 Å². The third-order valence-electron chi connectivity index (χ3n) is 7.66. The van der Waals surface area contributed by atoms with E-state index in [0.717, 1.165) is 28.8 Å². The number of rotatable bonds is 4. The second-order valence-corrected chi connectivity index (χ2v) is 10.1. The van der Waals surface area contributed by atoms with Gasteiger partial charge in [-0.1, -0.05) is 28.9 Å². The van der Waals surface area contributed by atoms with Gasteiger partial charge in [-0.05, 0) is 92.7 Å². The van der Waals surface area contributed by atoms with Crippen LogP contribution < -0.4 is 5.32 Å². The molecule has 30 heavy (non-hydrogen) atoms. The molecule has 0 radical (unpaired) electrons. The van der Waals surface area contributed by atoms with Crippen molar-refractivity contribution in [1.29, 1.82) is 0 Å². The normalized spacial score (nSPS) is 30.5. The van der Waals surface area contributed by atoms with Crippen molar-refractivity contribution in [2.24, 2.45) is 23.2 Å². The lowest BCUT2D eigenvalue weighted by Crippen LogP contribution is -2.54. The van der Waals surface area contributed by atoms with Crippen LogP contribution >= 0.6 is 11.6 Å². The van der Waals surface area contributed by atoms with Gasteiger partial charge in [-0.3, -0.25) is 4.79 Å². The van der Waals surface area contributed by atoms with Gasteiger partial charge in [0.2, 0.25) is 0 Å². The zero-order valence-electron chi connectivity index (χ0n) is 16.8. The number of hydrogen-bond donors (Lipinski definition) is 1. The van der Waals surface area contributed by atoms with Crippen LogP contribution in [0.1, 0.15) is 55.0 Å². The molecule has 1 unspecified atom stereocenters. The summed E-state index contributed by atoms with van der Waals surface area (Å²) in [7, 11) is 0. The highest BCUT2D eigenvalue weighted by Gasteiger charge is 2.55. The molecule has 4 aliphatic rings. The third kappa shape index (κ3) is 2.94. The fraction of sp³-hybridized carbons (Fsp3) is 0.458. The Labute approximate surface area is 180 Å². The summed E-state index contributed by atoms with van der Waals surface area (Å²) in [6.07, 6.45) is 7.37. The van der Waals surface area contributed by atoms with Crippen molar-refractivity contribution in [2.75, 3.05) is 0 Å². The highest BCUT2D eigenvalue weighted by Crippen LogP contribution is 2.63. The highest BCUT2D eigenvalue weighted by molar-refractivity contribution is 6.30. The minimum atomic E-state index is -0.193. The van der Waals surface area contributed by atoms with E-state index in [1.54, 1.807) is 24.3 Å². The maximum atomic E-state index is 13.3. The van der Waals surface area contributed by atoms with Gasteiger partial charge in [0.15, 0.2) is 0 Å². The fourth-order valence-corrected chi connectivity index (χ4v) is 7.00. The van der Waals surface area contributed by atoms with E-state index in [0.29, 0.717) is 10.6 Å². The SMILES string of the molecule is O=C(NC(n1nnc2ccccc21)C12CC3CC(CC(C3)C1)C2)c1ccc(Cl)cc1. The number of nitrogens with one attached hydrogen (secondary N) is 1. The zero-order valence-corrected chi connectivity index (χ0v) is 17.6. The Hall–Kier alpha value is -2.40. The molecule has 5 nitrogen and oxygen atoms in total. The minimum absolute atomic E-state index is 0.0489. The molecule has 1 heterocycles. The van der Waals surface area contributed by atoms with E-state index in [-0.39, 0.29) is 17.5 Å². The van der Waals surface area contributed by atoms with Crippen molar-refractivity contribution in [1.82, 2.24) is 20.3 Å². The van der Waals surface area contributed by atoms with Crippen LogP contribution in [0.2, 0.25) is 5.02 Å². The van der Waals surface area contributed by atoms with Crippen molar-refractivity contribution < 1.29 is 4.79 Å². The topological polar surface area (TPSA) is 59.8 Å². The quantitative estimate of drug-likeness (QED) is 0.628. The lowest BCUT2D eigenvalue weighted by Gasteiger charge is -2.59. The number of hydrogen-bond acceptors (Lipinski definition) is 3. The van der Waals surface area contributed by atoms with Gasteiger partial charge in [0, 0.05) is 16.0 Å². The fourth-order valence-electron chi connectivity index (χ4n) is 6.87. The number of para-hydroxylation sites is 1. The molecule has 1 aromatic heterocycles. The van der Waals surface area contributed by atoms with E-state index in [1.807, 2.05) is 22.9 Å². The molecule has 154 valence electrons. The van der Waals surface area contributed by atoms with Crippen molar-refractivity contribution >= 4 is 28.5 Å². The second-order valence-electron chi connectivity index (χ2n) is 9.69. The number of carbonyl (C=O) groups is 1. The standard InChI is InChI=1S/C24H25ClN4O/c25-19-7-5-18(6-8-19)22(30)26-23(29-21-4-2-1-3-20(21)27-28-29)24-12-15-9-16(13-24)11-17(10-15)14-24/h1-8,15-17,23H,9-14H2,(H,26,30). The summed E-state index contributed by atoms with van der Waals surface area (Å²) in [5.41, 5.74) is 2.52. The van der Waals surface area contributed by atoms with E-state index in [4.69, 9.17) is 11.6 Å². The van der Waals surface area contributed by atoms with Gasteiger partial charge in [-0.2, -0.15) is 0 Å². The summed E-state index contributed by atoms with van der Waals surface area (Å²) in [6.45, 7) is 0. The number of halogens is 1. The van der Waals surface area contributed by atoms with Crippen LogP contribution in [0.25, 0.3) is 11.0 Å². The van der Waals surface area contributed by atoms with E-state index in [2.05, 4.69) is 21.7 Å². The summed E-state index contributed by atoms with van der Waals surface area (Å²) >= 11 is 6.03. The third-order valence-corrected chi connectivity index (χ3v) is 7.91. The Morgan fingerprint density at radius 1 is 1.00 bits per heavy atom. The molecule has 0 saturated heterocycles. The van der Waals surface area contributed by atoms with Gasteiger partial charge >= 0.3 is 0 Å². The molecule has 4 bridgehead atoms. The molecule has 1 amide bonds. The van der Waals surface area contributed by atoms with Gasteiger partial charge in [0.05, 0.1) is 5.52 Å². The average Bonchev–Trinajstić information content (AvgIpc) is 3.15. The first-order chi connectivity index (χ1) is 14.6. The summed E-state index contributed by atoms with van der Waals surface area (Å²) in [6, 6.07) is 15.1. The molecular formula is C24H25ClN4O. The first-order valence-electron chi connectivity index (χ1n) is 11.0. The summed E-state index contributed by atoms with van der Waals surface area (Å²) in [5.74, 6) is 2.26. The molecule has 0 aliphatic heterocycles. The Morgan fingerprint density at radius 2 is 1.63 bits per heavy atom. The summed E-state index contributed by atoms with van der Waals surface area (Å²) < 4.78 is 1.98. The van der Waals surface area contributed by atoms with E-state index in [9.17, 15) is 4.79 Å². The van der Waals surface area contributed by atoms with Crippen molar-refractivity contribution in [3.63, 3.8) is 0 Å². The first-order valence-corrected chi connectivity index (χ1v) is 11.3. The van der Waals surface area contributed by atoms with E-state index < -0.39 is 0 Å². The zero-order chi connectivity index (χ0) is 20.3. The number of nitrogens with zero attached hydrogens (tertiary/aromatic N) is 3. The van der Waals surface area contributed by atoms with Gasteiger partial charge in [-0.25, -0.2) is 4.68 Å². The van der Waals surface area contributed by atoms with E-state index in [1.165, 1.54) is 38.5 Å². The van der Waals surface area contributed by atoms with E-state index >= 15 is 0 Å². The Balaban J connectivity index is 1.42. The van der Waals surface area contributed by atoms with Gasteiger partial charge < -0.3 is 5.32 Å². The summed E-state index contributed by atoms with van der Waals surface area (Å²) in [5, 5.41) is 13.0. The van der Waals surface area contributed by atoms with Gasteiger partial charge in [0.1, 0.15) is 11.7 Å². The number of carbonyl (C=O) groups excluding carboxylic acids is 1. The number of benzene rings is 2. The largest absolute Gasteiger partial charge is 0.330 e. The lowest BCUT2D eigenvalue weighted by atomic mass is 9.48. The molecule has 4 fully saturated rings. The molecule has 1 atom stereocenters. The highest BCUT2D eigenvalue weighted by atomic mass is 35.5. The van der Waals surface area contributed by atoms with Crippen LogP contribution in [-0.2, 0) is 0 Å². The molecule has 7 rings (SSSR count). The van der Waals surface area contributed by atoms with Gasteiger partial charge in [-0.15, -0.1) is 5.10 Å². The smallest absolute Gasteiger partial charge is 0.252 e. The average molecular weight is 421 g/mol. The molecule has 3 aromatic rings. The predicted octanol–water partition coefficient (Wildman–Crippen LogP) is 5.23. The Kier molecular flexibility index (Phi) is 4.17. The van der Waals surface area contributed by atoms with Crippen molar-refractivity contribution in [3.05, 3.63) is 59.1 Å². The van der Waals surface area contributed by atoms with Crippen LogP contribution in [-0.4, -0.2) is 20.9 Å². The maximum Gasteiger partial charge on any atom is 0.252 e. The summed E-state index contributed by atoms with van der Waals surface area (Å²) in [4.78, 5) is 13.3. The molecule has 2 aromatic carbocycles. The Morgan fingerprint density at radius 3 is 2.30 bits per heavy atom.